The largest absolute Gasteiger partial charge is 0.480 e. The third kappa shape index (κ3) is 5.82. The van der Waals surface area contributed by atoms with Gasteiger partial charge in [-0.1, -0.05) is 0 Å². The van der Waals surface area contributed by atoms with Gasteiger partial charge in [0.05, 0.1) is 26.1 Å². The molecule has 1 aromatic heterocycles. The second-order valence-corrected chi connectivity index (χ2v) is 2.86. The zero-order valence-electron chi connectivity index (χ0n) is 8.33. The Morgan fingerprint density at radius 3 is 2.80 bits per heavy atom. The molecule has 1 heterocycles. The number of hydrogen-bond donors (Lipinski definition) is 1. The molecule has 0 atom stereocenters. The van der Waals surface area contributed by atoms with Crippen LogP contribution in [-0.2, 0) is 20.8 Å². The van der Waals surface area contributed by atoms with Crippen molar-refractivity contribution in [1.82, 2.24) is 9.55 Å². The molecule has 0 saturated carbocycles. The highest BCUT2D eigenvalue weighted by Crippen LogP contribution is 1.86. The molecule has 6 heteroatoms. The third-order valence-electron chi connectivity index (χ3n) is 1.65. The lowest BCUT2D eigenvalue weighted by Crippen LogP contribution is -2.13. The lowest BCUT2D eigenvalue weighted by Gasteiger charge is -2.04. The molecule has 0 aliphatic carbocycles. The van der Waals surface area contributed by atoms with Crippen molar-refractivity contribution in [3.05, 3.63) is 18.7 Å². The lowest BCUT2D eigenvalue weighted by molar-refractivity contribution is -0.142. The van der Waals surface area contributed by atoms with Gasteiger partial charge in [0.1, 0.15) is 6.61 Å². The molecule has 1 rings (SSSR count). The van der Waals surface area contributed by atoms with Crippen LogP contribution in [0.2, 0.25) is 0 Å². The first-order chi connectivity index (χ1) is 7.29. The van der Waals surface area contributed by atoms with Crippen molar-refractivity contribution in [2.45, 2.75) is 6.54 Å². The summed E-state index contributed by atoms with van der Waals surface area (Å²) in [5.74, 6) is -0.964. The maximum Gasteiger partial charge on any atom is 0.329 e. The van der Waals surface area contributed by atoms with Crippen LogP contribution in [0.25, 0.3) is 0 Å². The summed E-state index contributed by atoms with van der Waals surface area (Å²) in [5, 5.41) is 8.27. The number of aliphatic carboxylic acids is 1. The minimum Gasteiger partial charge on any atom is -0.480 e. The average molecular weight is 214 g/mol. The molecule has 0 aliphatic heterocycles. The van der Waals surface area contributed by atoms with E-state index in [-0.39, 0.29) is 6.61 Å². The van der Waals surface area contributed by atoms with Gasteiger partial charge in [-0.05, 0) is 0 Å². The number of carboxylic acid groups (broad SMARTS) is 1. The van der Waals surface area contributed by atoms with Crippen molar-refractivity contribution in [2.75, 3.05) is 26.4 Å². The monoisotopic (exact) mass is 214 g/mol. The average Bonchev–Trinajstić information content (AvgIpc) is 2.68. The number of ether oxygens (including phenoxy) is 2. The van der Waals surface area contributed by atoms with Crippen molar-refractivity contribution in [1.29, 1.82) is 0 Å². The first kappa shape index (κ1) is 11.7. The van der Waals surface area contributed by atoms with Gasteiger partial charge in [-0.3, -0.25) is 0 Å². The molecule has 0 radical (unpaired) electrons. The third-order valence-corrected chi connectivity index (χ3v) is 1.65. The second-order valence-electron chi connectivity index (χ2n) is 2.86. The van der Waals surface area contributed by atoms with Crippen LogP contribution in [0.5, 0.6) is 0 Å². The van der Waals surface area contributed by atoms with E-state index in [1.165, 1.54) is 0 Å². The maximum atomic E-state index is 10.1. The van der Waals surface area contributed by atoms with Gasteiger partial charge in [0.15, 0.2) is 0 Å². The molecule has 15 heavy (non-hydrogen) atoms. The Kier molecular flexibility index (Phi) is 5.42. The molecular formula is C9H14N2O4. The number of nitrogens with zero attached hydrogens (tertiary/aromatic N) is 2. The van der Waals surface area contributed by atoms with E-state index in [1.807, 2.05) is 10.8 Å². The molecule has 0 bridgehead atoms. The molecular weight excluding hydrogens is 200 g/mol. The highest BCUT2D eigenvalue weighted by molar-refractivity contribution is 5.67. The van der Waals surface area contributed by atoms with Gasteiger partial charge in [-0.15, -0.1) is 0 Å². The Hall–Kier alpha value is -1.40. The van der Waals surface area contributed by atoms with E-state index in [0.29, 0.717) is 19.8 Å². The van der Waals surface area contributed by atoms with Gasteiger partial charge >= 0.3 is 5.97 Å². The van der Waals surface area contributed by atoms with Crippen LogP contribution in [0.15, 0.2) is 18.7 Å². The van der Waals surface area contributed by atoms with Crippen LogP contribution in [-0.4, -0.2) is 47.1 Å². The normalized spacial score (nSPS) is 10.4. The van der Waals surface area contributed by atoms with E-state index in [1.54, 1.807) is 12.5 Å². The topological polar surface area (TPSA) is 73.6 Å². The minimum atomic E-state index is -0.964. The summed E-state index contributed by atoms with van der Waals surface area (Å²) < 4.78 is 11.9. The number of carbonyl (C=O) groups is 1. The first-order valence-corrected chi connectivity index (χ1v) is 4.62. The Bertz CT molecular complexity index is 274. The summed E-state index contributed by atoms with van der Waals surface area (Å²) in [4.78, 5) is 14.0. The fourth-order valence-corrected chi connectivity index (χ4v) is 0.968. The summed E-state index contributed by atoms with van der Waals surface area (Å²) in [6.07, 6.45) is 5.27. The predicted molar refractivity (Wildman–Crippen MR) is 51.5 cm³/mol. The van der Waals surface area contributed by atoms with Crippen LogP contribution in [0.3, 0.4) is 0 Å². The molecule has 0 aliphatic rings. The fraction of sp³-hybridized carbons (Fsp3) is 0.556. The molecule has 0 spiro atoms. The molecule has 0 unspecified atom stereocenters. The van der Waals surface area contributed by atoms with Gasteiger partial charge in [0.25, 0.3) is 0 Å². The number of rotatable bonds is 8. The highest BCUT2D eigenvalue weighted by atomic mass is 16.5. The van der Waals surface area contributed by atoms with Crippen molar-refractivity contribution in [3.63, 3.8) is 0 Å². The summed E-state index contributed by atoms with van der Waals surface area (Å²) in [6, 6.07) is 0. The minimum absolute atomic E-state index is 0.273. The zero-order valence-corrected chi connectivity index (χ0v) is 8.33. The Labute approximate surface area is 87.4 Å². The molecule has 6 nitrogen and oxygen atoms in total. The lowest BCUT2D eigenvalue weighted by atomic mass is 10.6. The van der Waals surface area contributed by atoms with Crippen molar-refractivity contribution >= 4 is 5.97 Å². The Morgan fingerprint density at radius 1 is 1.33 bits per heavy atom. The second kappa shape index (κ2) is 6.97. The number of imidazole rings is 1. The smallest absolute Gasteiger partial charge is 0.329 e. The van der Waals surface area contributed by atoms with Gasteiger partial charge in [0.2, 0.25) is 0 Å². The maximum absolute atomic E-state index is 10.1. The van der Waals surface area contributed by atoms with E-state index in [4.69, 9.17) is 14.6 Å². The molecule has 0 amide bonds. The van der Waals surface area contributed by atoms with E-state index >= 15 is 0 Å². The first-order valence-electron chi connectivity index (χ1n) is 4.62. The van der Waals surface area contributed by atoms with Crippen LogP contribution < -0.4 is 0 Å². The van der Waals surface area contributed by atoms with Crippen LogP contribution in [0, 0.1) is 0 Å². The standard InChI is InChI=1S/C9H14N2O4/c12-9(13)7-15-6-5-14-4-3-11-2-1-10-8-11/h1-2,8H,3-7H2,(H,12,13). The van der Waals surface area contributed by atoms with Gasteiger partial charge in [0, 0.05) is 18.9 Å². The molecule has 0 aromatic carbocycles. The Balaban J connectivity index is 1.87. The summed E-state index contributed by atoms with van der Waals surface area (Å²) in [5.41, 5.74) is 0. The molecule has 0 saturated heterocycles. The van der Waals surface area contributed by atoms with E-state index < -0.39 is 5.97 Å². The molecule has 84 valence electrons. The highest BCUT2D eigenvalue weighted by Gasteiger charge is 1.95. The Morgan fingerprint density at radius 2 is 2.13 bits per heavy atom. The van der Waals surface area contributed by atoms with Crippen molar-refractivity contribution in [2.24, 2.45) is 0 Å². The van der Waals surface area contributed by atoms with Gasteiger partial charge in [-0.25, -0.2) is 9.78 Å². The predicted octanol–water partition coefficient (Wildman–Crippen LogP) is 0.000900. The van der Waals surface area contributed by atoms with E-state index in [2.05, 4.69) is 4.98 Å². The van der Waals surface area contributed by atoms with Crippen LogP contribution in [0.4, 0.5) is 0 Å². The zero-order chi connectivity index (χ0) is 10.9. The fourth-order valence-electron chi connectivity index (χ4n) is 0.968. The van der Waals surface area contributed by atoms with E-state index in [0.717, 1.165) is 6.54 Å². The van der Waals surface area contributed by atoms with Crippen LogP contribution >= 0.6 is 0 Å². The summed E-state index contributed by atoms with van der Waals surface area (Å²) in [6.45, 7) is 1.73. The van der Waals surface area contributed by atoms with Gasteiger partial charge in [-0.2, -0.15) is 0 Å². The number of carboxylic acids is 1. The molecule has 0 fully saturated rings. The van der Waals surface area contributed by atoms with Crippen molar-refractivity contribution < 1.29 is 19.4 Å². The molecule has 1 aromatic rings. The van der Waals surface area contributed by atoms with Gasteiger partial charge < -0.3 is 19.1 Å². The van der Waals surface area contributed by atoms with Crippen LogP contribution in [0.1, 0.15) is 0 Å². The molecule has 1 N–H and O–H groups in total. The summed E-state index contributed by atoms with van der Waals surface area (Å²) >= 11 is 0. The van der Waals surface area contributed by atoms with E-state index in [9.17, 15) is 4.79 Å². The number of aromatic nitrogens is 2. The summed E-state index contributed by atoms with van der Waals surface area (Å²) in [7, 11) is 0. The number of hydrogen-bond acceptors (Lipinski definition) is 4. The quantitative estimate of drug-likeness (QED) is 0.616. The SMILES string of the molecule is O=C(O)COCCOCCn1ccnc1. The van der Waals surface area contributed by atoms with Crippen molar-refractivity contribution in [3.8, 4) is 0 Å².